The molecule has 0 saturated carbocycles. The van der Waals surface area contributed by atoms with Gasteiger partial charge in [-0.2, -0.15) is 0 Å². The molecule has 1 nitrogen and oxygen atoms in total. The molecular weight excluding hydrogens is 382 g/mol. The summed E-state index contributed by atoms with van der Waals surface area (Å²) in [4.78, 5) is 0. The Labute approximate surface area is 165 Å². The normalized spacial score (nSPS) is 12.1. The Balaban J connectivity index is 1.57. The highest BCUT2D eigenvalue weighted by Crippen LogP contribution is 2.33. The van der Waals surface area contributed by atoms with Crippen molar-refractivity contribution in [1.82, 2.24) is 5.32 Å². The lowest BCUT2D eigenvalue weighted by Crippen LogP contribution is -2.20. The minimum absolute atomic E-state index is 0.506. The van der Waals surface area contributed by atoms with Gasteiger partial charge in [0.05, 0.1) is 0 Å². The van der Waals surface area contributed by atoms with E-state index in [1.54, 1.807) is 0 Å². The topological polar surface area (TPSA) is 12.0 Å². The highest BCUT2D eigenvalue weighted by atomic mass is 79.9. The number of nitrogens with one attached hydrogen (secondary N) is 1. The van der Waals surface area contributed by atoms with E-state index in [2.05, 4.69) is 107 Å². The van der Waals surface area contributed by atoms with E-state index in [4.69, 9.17) is 0 Å². The van der Waals surface area contributed by atoms with E-state index in [-0.39, 0.29) is 0 Å². The third kappa shape index (κ3) is 5.30. The van der Waals surface area contributed by atoms with Gasteiger partial charge >= 0.3 is 0 Å². The molecule has 0 aliphatic heterocycles. The van der Waals surface area contributed by atoms with Crippen LogP contribution in [0.5, 0.6) is 0 Å². The number of hydrogen-bond donors (Lipinski definition) is 1. The molecule has 0 heterocycles. The zero-order chi connectivity index (χ0) is 18.2. The van der Waals surface area contributed by atoms with Crippen LogP contribution >= 0.6 is 15.9 Å². The molecule has 0 saturated heterocycles. The maximum absolute atomic E-state index is 3.64. The summed E-state index contributed by atoms with van der Waals surface area (Å²) in [5.74, 6) is 0.506. The molecule has 0 spiro atoms. The van der Waals surface area contributed by atoms with Gasteiger partial charge in [0.1, 0.15) is 0 Å². The van der Waals surface area contributed by atoms with Gasteiger partial charge in [0.25, 0.3) is 0 Å². The average Bonchev–Trinajstić information content (AvgIpc) is 2.69. The standard InChI is InChI=1S/C24H26BrN/c1-19(14-16-26-17-15-20-8-4-2-5-9-20)24-18-22(25)12-13-23(24)21-10-6-3-7-11-21/h2-13,18-19,26H,14-17H2,1H3. The van der Waals surface area contributed by atoms with E-state index >= 15 is 0 Å². The van der Waals surface area contributed by atoms with Crippen LogP contribution in [0.3, 0.4) is 0 Å². The number of halogens is 1. The first kappa shape index (κ1) is 18.9. The van der Waals surface area contributed by atoms with Gasteiger partial charge in [-0.25, -0.2) is 0 Å². The Morgan fingerprint density at radius 3 is 2.27 bits per heavy atom. The molecule has 1 unspecified atom stereocenters. The first-order valence-corrected chi connectivity index (χ1v) is 10.1. The summed E-state index contributed by atoms with van der Waals surface area (Å²) in [6.07, 6.45) is 2.21. The lowest BCUT2D eigenvalue weighted by molar-refractivity contribution is 0.595. The summed E-state index contributed by atoms with van der Waals surface area (Å²) in [6.45, 7) is 4.39. The van der Waals surface area contributed by atoms with Crippen molar-refractivity contribution in [3.8, 4) is 11.1 Å². The van der Waals surface area contributed by atoms with E-state index in [0.29, 0.717) is 5.92 Å². The Kier molecular flexibility index (Phi) is 7.04. The van der Waals surface area contributed by atoms with Gasteiger partial charge in [-0.05, 0) is 66.2 Å². The van der Waals surface area contributed by atoms with Gasteiger partial charge in [-0.3, -0.25) is 0 Å². The number of hydrogen-bond acceptors (Lipinski definition) is 1. The molecule has 0 aliphatic carbocycles. The van der Waals surface area contributed by atoms with Crippen molar-refractivity contribution in [1.29, 1.82) is 0 Å². The molecule has 0 amide bonds. The van der Waals surface area contributed by atoms with E-state index in [9.17, 15) is 0 Å². The molecule has 0 aromatic heterocycles. The number of benzene rings is 3. The second-order valence-electron chi connectivity index (χ2n) is 6.77. The highest BCUT2D eigenvalue weighted by molar-refractivity contribution is 9.10. The zero-order valence-corrected chi connectivity index (χ0v) is 16.9. The zero-order valence-electron chi connectivity index (χ0n) is 15.3. The van der Waals surface area contributed by atoms with Gasteiger partial charge < -0.3 is 5.32 Å². The SMILES string of the molecule is CC(CCNCCc1ccccc1)c1cc(Br)ccc1-c1ccccc1. The monoisotopic (exact) mass is 407 g/mol. The lowest BCUT2D eigenvalue weighted by atomic mass is 9.90. The fraction of sp³-hybridized carbons (Fsp3) is 0.250. The molecule has 134 valence electrons. The summed E-state index contributed by atoms with van der Waals surface area (Å²) < 4.78 is 1.15. The quantitative estimate of drug-likeness (QED) is 0.423. The molecule has 0 radical (unpaired) electrons. The fourth-order valence-electron chi connectivity index (χ4n) is 3.30. The molecule has 2 heteroatoms. The molecular formula is C24H26BrN. The van der Waals surface area contributed by atoms with Crippen LogP contribution in [0.15, 0.2) is 83.3 Å². The predicted octanol–water partition coefficient (Wildman–Crippen LogP) is 6.44. The Hall–Kier alpha value is -1.90. The lowest BCUT2D eigenvalue weighted by Gasteiger charge is -2.18. The highest BCUT2D eigenvalue weighted by Gasteiger charge is 2.12. The summed E-state index contributed by atoms with van der Waals surface area (Å²) in [7, 11) is 0. The van der Waals surface area contributed by atoms with Crippen LogP contribution < -0.4 is 5.32 Å². The van der Waals surface area contributed by atoms with E-state index in [1.807, 2.05) is 0 Å². The van der Waals surface area contributed by atoms with Crippen molar-refractivity contribution in [2.45, 2.75) is 25.7 Å². The summed E-state index contributed by atoms with van der Waals surface area (Å²) >= 11 is 3.64. The minimum atomic E-state index is 0.506. The van der Waals surface area contributed by atoms with Crippen LogP contribution in [-0.2, 0) is 6.42 Å². The van der Waals surface area contributed by atoms with Crippen LogP contribution in [-0.4, -0.2) is 13.1 Å². The first-order valence-electron chi connectivity index (χ1n) is 9.33. The van der Waals surface area contributed by atoms with Crippen molar-refractivity contribution in [2.75, 3.05) is 13.1 Å². The van der Waals surface area contributed by atoms with Crippen LogP contribution in [0.2, 0.25) is 0 Å². The molecule has 3 rings (SSSR count). The largest absolute Gasteiger partial charge is 0.316 e. The average molecular weight is 408 g/mol. The van der Waals surface area contributed by atoms with Crippen molar-refractivity contribution < 1.29 is 0 Å². The summed E-state index contributed by atoms with van der Waals surface area (Å²) in [6, 6.07) is 28.0. The van der Waals surface area contributed by atoms with Crippen molar-refractivity contribution >= 4 is 15.9 Å². The van der Waals surface area contributed by atoms with Crippen molar-refractivity contribution in [3.05, 3.63) is 94.5 Å². The molecule has 0 aliphatic rings. The van der Waals surface area contributed by atoms with Crippen LogP contribution in [0.1, 0.15) is 30.4 Å². The van der Waals surface area contributed by atoms with Crippen LogP contribution in [0, 0.1) is 0 Å². The summed E-state index contributed by atoms with van der Waals surface area (Å²) in [5.41, 5.74) is 5.44. The Bertz CT molecular complexity index is 799. The molecule has 26 heavy (non-hydrogen) atoms. The third-order valence-electron chi connectivity index (χ3n) is 4.82. The van der Waals surface area contributed by atoms with Crippen LogP contribution in [0.25, 0.3) is 11.1 Å². The maximum atomic E-state index is 3.64. The third-order valence-corrected chi connectivity index (χ3v) is 5.31. The Morgan fingerprint density at radius 2 is 1.54 bits per heavy atom. The maximum Gasteiger partial charge on any atom is 0.0178 e. The number of rotatable bonds is 8. The second kappa shape index (κ2) is 9.70. The first-order chi connectivity index (χ1) is 12.7. The van der Waals surface area contributed by atoms with E-state index in [0.717, 1.165) is 30.4 Å². The molecule has 3 aromatic rings. The molecule has 1 atom stereocenters. The van der Waals surface area contributed by atoms with Gasteiger partial charge in [0.15, 0.2) is 0 Å². The van der Waals surface area contributed by atoms with Gasteiger partial charge in [-0.15, -0.1) is 0 Å². The Morgan fingerprint density at radius 1 is 0.846 bits per heavy atom. The summed E-state index contributed by atoms with van der Waals surface area (Å²) in [5, 5.41) is 3.60. The van der Waals surface area contributed by atoms with E-state index in [1.165, 1.54) is 22.3 Å². The fourth-order valence-corrected chi connectivity index (χ4v) is 3.68. The van der Waals surface area contributed by atoms with Crippen LogP contribution in [0.4, 0.5) is 0 Å². The van der Waals surface area contributed by atoms with Crippen molar-refractivity contribution in [3.63, 3.8) is 0 Å². The minimum Gasteiger partial charge on any atom is -0.316 e. The molecule has 0 bridgehead atoms. The second-order valence-corrected chi connectivity index (χ2v) is 7.69. The smallest absolute Gasteiger partial charge is 0.0178 e. The molecule has 1 N–H and O–H groups in total. The molecule has 0 fully saturated rings. The van der Waals surface area contributed by atoms with Crippen molar-refractivity contribution in [2.24, 2.45) is 0 Å². The van der Waals surface area contributed by atoms with E-state index < -0.39 is 0 Å². The van der Waals surface area contributed by atoms with Gasteiger partial charge in [0, 0.05) is 4.47 Å². The van der Waals surface area contributed by atoms with Gasteiger partial charge in [-0.1, -0.05) is 89.6 Å². The van der Waals surface area contributed by atoms with Gasteiger partial charge in [0.2, 0.25) is 0 Å². The molecule has 3 aromatic carbocycles. The predicted molar refractivity (Wildman–Crippen MR) is 116 cm³/mol.